The summed E-state index contributed by atoms with van der Waals surface area (Å²) in [6.45, 7) is 0. The highest BCUT2D eigenvalue weighted by Crippen LogP contribution is 2.19. The van der Waals surface area contributed by atoms with Crippen molar-refractivity contribution in [2.45, 2.75) is 5.88 Å². The topological polar surface area (TPSA) is 46.5 Å². The molecule has 0 aliphatic carbocycles. The number of carbonyl (C=O) groups is 1. The van der Waals surface area contributed by atoms with Crippen molar-refractivity contribution in [2.24, 2.45) is 0 Å². The molecule has 0 spiro atoms. The van der Waals surface area contributed by atoms with E-state index in [0.29, 0.717) is 11.3 Å². The smallest absolute Gasteiger partial charge is 0.336 e. The highest BCUT2D eigenvalue weighted by molar-refractivity contribution is 6.17. The number of aromatic carboxylic acids is 1. The van der Waals surface area contributed by atoms with Gasteiger partial charge >= 0.3 is 5.97 Å². The summed E-state index contributed by atoms with van der Waals surface area (Å²) >= 11 is 5.59. The van der Waals surface area contributed by atoms with E-state index in [-0.39, 0.29) is 11.4 Å². The summed E-state index contributed by atoms with van der Waals surface area (Å²) in [5.74, 6) is -0.197. The first-order valence-electron chi connectivity index (χ1n) is 3.65. The zero-order valence-electron chi connectivity index (χ0n) is 7.08. The molecule has 0 unspecified atom stereocenters. The summed E-state index contributed by atoms with van der Waals surface area (Å²) in [6.07, 6.45) is 0. The van der Waals surface area contributed by atoms with Gasteiger partial charge in [-0.05, 0) is 23.8 Å². The van der Waals surface area contributed by atoms with Gasteiger partial charge < -0.3 is 9.84 Å². The third-order valence-electron chi connectivity index (χ3n) is 1.69. The fraction of sp³-hybridized carbons (Fsp3) is 0.222. The van der Waals surface area contributed by atoms with E-state index in [1.54, 1.807) is 12.1 Å². The highest BCUT2D eigenvalue weighted by Gasteiger charge is 2.09. The molecule has 1 aromatic carbocycles. The van der Waals surface area contributed by atoms with Gasteiger partial charge in [0.2, 0.25) is 0 Å². The average Bonchev–Trinajstić information content (AvgIpc) is 2.16. The van der Waals surface area contributed by atoms with Crippen molar-refractivity contribution in [3.8, 4) is 5.75 Å². The number of ether oxygens (including phenoxy) is 1. The average molecular weight is 201 g/mol. The number of halogens is 1. The zero-order valence-corrected chi connectivity index (χ0v) is 7.84. The van der Waals surface area contributed by atoms with Crippen molar-refractivity contribution in [3.63, 3.8) is 0 Å². The molecule has 0 aliphatic rings. The van der Waals surface area contributed by atoms with Crippen molar-refractivity contribution < 1.29 is 14.6 Å². The Bertz CT molecular complexity index is 323. The Balaban J connectivity index is 3.15. The van der Waals surface area contributed by atoms with Crippen LogP contribution in [0.4, 0.5) is 0 Å². The van der Waals surface area contributed by atoms with E-state index >= 15 is 0 Å². The second kappa shape index (κ2) is 4.14. The first-order valence-corrected chi connectivity index (χ1v) is 4.18. The molecule has 3 nitrogen and oxygen atoms in total. The predicted octanol–water partition coefficient (Wildman–Crippen LogP) is 2.13. The van der Waals surface area contributed by atoms with Crippen LogP contribution in [0, 0.1) is 0 Å². The van der Waals surface area contributed by atoms with E-state index in [0.717, 1.165) is 0 Å². The fourth-order valence-corrected chi connectivity index (χ4v) is 1.24. The number of rotatable bonds is 3. The third kappa shape index (κ3) is 2.12. The molecule has 0 heterocycles. The van der Waals surface area contributed by atoms with Gasteiger partial charge in [0, 0.05) is 5.88 Å². The summed E-state index contributed by atoms with van der Waals surface area (Å²) < 4.78 is 4.94. The number of methoxy groups -OCH3 is 1. The van der Waals surface area contributed by atoms with Crippen LogP contribution in [0.25, 0.3) is 0 Å². The molecule has 1 rings (SSSR count). The van der Waals surface area contributed by atoms with Crippen LogP contribution >= 0.6 is 11.6 Å². The van der Waals surface area contributed by atoms with Crippen molar-refractivity contribution in [1.82, 2.24) is 0 Å². The second-order valence-electron chi connectivity index (χ2n) is 2.46. The molecule has 0 atom stereocenters. The Labute approximate surface area is 80.9 Å². The van der Waals surface area contributed by atoms with Crippen LogP contribution in [0.15, 0.2) is 18.2 Å². The lowest BCUT2D eigenvalue weighted by Crippen LogP contribution is -2.01. The molecule has 1 aromatic rings. The van der Waals surface area contributed by atoms with E-state index in [2.05, 4.69) is 0 Å². The minimum atomic E-state index is -0.974. The Hall–Kier alpha value is -1.22. The molecule has 4 heteroatoms. The van der Waals surface area contributed by atoms with Crippen LogP contribution in [0.2, 0.25) is 0 Å². The predicted molar refractivity (Wildman–Crippen MR) is 49.5 cm³/mol. The Morgan fingerprint density at radius 2 is 2.31 bits per heavy atom. The molecular formula is C9H9ClO3. The summed E-state index contributed by atoms with van der Waals surface area (Å²) in [4.78, 5) is 10.7. The second-order valence-corrected chi connectivity index (χ2v) is 2.73. The van der Waals surface area contributed by atoms with Gasteiger partial charge in [-0.1, -0.05) is 0 Å². The third-order valence-corrected chi connectivity index (χ3v) is 1.97. The number of carboxylic acids is 1. The van der Waals surface area contributed by atoms with E-state index in [1.807, 2.05) is 0 Å². The summed E-state index contributed by atoms with van der Waals surface area (Å²) in [5, 5.41) is 8.76. The first-order chi connectivity index (χ1) is 6.19. The maximum Gasteiger partial charge on any atom is 0.336 e. The molecule has 0 fully saturated rings. The molecular weight excluding hydrogens is 192 g/mol. The van der Waals surface area contributed by atoms with Gasteiger partial charge in [-0.2, -0.15) is 0 Å². The van der Waals surface area contributed by atoms with Gasteiger partial charge in [0.1, 0.15) is 5.75 Å². The normalized spacial score (nSPS) is 9.69. The number of carboxylic acid groups (broad SMARTS) is 1. The summed E-state index contributed by atoms with van der Waals surface area (Å²) in [6, 6.07) is 4.70. The van der Waals surface area contributed by atoms with E-state index in [4.69, 9.17) is 21.4 Å². The minimum absolute atomic E-state index is 0.166. The maximum absolute atomic E-state index is 10.7. The quantitative estimate of drug-likeness (QED) is 0.761. The van der Waals surface area contributed by atoms with Crippen LogP contribution in [0.1, 0.15) is 15.9 Å². The lowest BCUT2D eigenvalue weighted by Gasteiger charge is -2.05. The van der Waals surface area contributed by atoms with Crippen LogP contribution in [0.5, 0.6) is 5.75 Å². The molecule has 0 bridgehead atoms. The SMILES string of the molecule is COc1ccc(C(=O)O)c(CCl)c1. The largest absolute Gasteiger partial charge is 0.497 e. The lowest BCUT2D eigenvalue weighted by atomic mass is 10.1. The molecule has 13 heavy (non-hydrogen) atoms. The summed E-state index contributed by atoms with van der Waals surface area (Å²) in [7, 11) is 1.52. The fourth-order valence-electron chi connectivity index (χ4n) is 1.02. The Kier molecular flexibility index (Phi) is 3.14. The van der Waals surface area contributed by atoms with Gasteiger partial charge in [0.15, 0.2) is 0 Å². The minimum Gasteiger partial charge on any atom is -0.497 e. The molecule has 0 saturated carbocycles. The van der Waals surface area contributed by atoms with Crippen molar-refractivity contribution in [3.05, 3.63) is 29.3 Å². The van der Waals surface area contributed by atoms with Crippen molar-refractivity contribution >= 4 is 17.6 Å². The van der Waals surface area contributed by atoms with Crippen LogP contribution in [-0.4, -0.2) is 18.2 Å². The standard InChI is InChI=1S/C9H9ClO3/c1-13-7-2-3-8(9(11)12)6(4-7)5-10/h2-4H,5H2,1H3,(H,11,12). The van der Waals surface area contributed by atoms with Gasteiger partial charge in [0.25, 0.3) is 0 Å². The van der Waals surface area contributed by atoms with Crippen LogP contribution in [0.3, 0.4) is 0 Å². The van der Waals surface area contributed by atoms with E-state index in [9.17, 15) is 4.79 Å². The van der Waals surface area contributed by atoms with E-state index < -0.39 is 5.97 Å². The Morgan fingerprint density at radius 3 is 2.77 bits per heavy atom. The number of alkyl halides is 1. The number of benzene rings is 1. The highest BCUT2D eigenvalue weighted by atomic mass is 35.5. The summed E-state index contributed by atoms with van der Waals surface area (Å²) in [5.41, 5.74) is 0.782. The van der Waals surface area contributed by atoms with E-state index in [1.165, 1.54) is 13.2 Å². The van der Waals surface area contributed by atoms with Gasteiger partial charge in [-0.15, -0.1) is 11.6 Å². The molecule has 0 aliphatic heterocycles. The van der Waals surface area contributed by atoms with Gasteiger partial charge in [-0.3, -0.25) is 0 Å². The number of hydrogen-bond acceptors (Lipinski definition) is 2. The Morgan fingerprint density at radius 1 is 1.62 bits per heavy atom. The first kappa shape index (κ1) is 9.86. The lowest BCUT2D eigenvalue weighted by molar-refractivity contribution is 0.0696. The molecule has 70 valence electrons. The molecule has 0 radical (unpaired) electrons. The van der Waals surface area contributed by atoms with Gasteiger partial charge in [0.05, 0.1) is 12.7 Å². The molecule has 0 aromatic heterocycles. The molecule has 1 N–H and O–H groups in total. The molecule has 0 amide bonds. The van der Waals surface area contributed by atoms with Crippen molar-refractivity contribution in [2.75, 3.05) is 7.11 Å². The van der Waals surface area contributed by atoms with Crippen LogP contribution < -0.4 is 4.74 Å². The van der Waals surface area contributed by atoms with Gasteiger partial charge in [-0.25, -0.2) is 4.79 Å². The van der Waals surface area contributed by atoms with Crippen molar-refractivity contribution in [1.29, 1.82) is 0 Å². The van der Waals surface area contributed by atoms with Crippen LogP contribution in [-0.2, 0) is 5.88 Å². The zero-order chi connectivity index (χ0) is 9.84. The maximum atomic E-state index is 10.7. The monoisotopic (exact) mass is 200 g/mol. The number of hydrogen-bond donors (Lipinski definition) is 1. The molecule has 0 saturated heterocycles.